The van der Waals surface area contributed by atoms with E-state index < -0.39 is 15.9 Å². The number of non-ortho nitro benzene ring substituents is 1. The van der Waals surface area contributed by atoms with E-state index in [9.17, 15) is 23.7 Å². The number of benzene rings is 2. The maximum Gasteiger partial charge on any atom is 0.288 e. The largest absolute Gasteiger partial charge is 0.324 e. The highest BCUT2D eigenvalue weighted by Crippen LogP contribution is 2.32. The lowest BCUT2D eigenvalue weighted by Gasteiger charge is -2.14. The van der Waals surface area contributed by atoms with Crippen LogP contribution in [0.1, 0.15) is 6.92 Å². The molecule has 0 aliphatic carbocycles. The Balaban J connectivity index is 2.02. The van der Waals surface area contributed by atoms with Gasteiger partial charge in [-0.2, -0.15) is 8.78 Å². The first-order chi connectivity index (χ1) is 11.9. The molecule has 1 N–H and O–H groups in total. The van der Waals surface area contributed by atoms with Crippen LogP contribution < -0.4 is 5.32 Å². The summed E-state index contributed by atoms with van der Waals surface area (Å²) < 4.78 is 25.1. The second-order valence-electron chi connectivity index (χ2n) is 4.88. The van der Waals surface area contributed by atoms with Crippen LogP contribution in [0.25, 0.3) is 0 Å². The maximum atomic E-state index is 12.6. The molecular weight excluding hydrogens is 370 g/mol. The number of amides is 1. The number of carbonyl (C=O) groups is 1. The molecule has 0 aromatic heterocycles. The van der Waals surface area contributed by atoms with Crippen LogP contribution in [0, 0.1) is 10.1 Å². The van der Waals surface area contributed by atoms with Gasteiger partial charge in [0, 0.05) is 21.9 Å². The summed E-state index contributed by atoms with van der Waals surface area (Å²) in [7, 11) is 0. The Morgan fingerprint density at radius 2 is 1.76 bits per heavy atom. The molecule has 2 aromatic rings. The van der Waals surface area contributed by atoms with E-state index in [1.54, 1.807) is 37.3 Å². The van der Waals surface area contributed by atoms with E-state index in [-0.39, 0.29) is 11.6 Å². The first-order valence-corrected chi connectivity index (χ1v) is 8.88. The predicted molar refractivity (Wildman–Crippen MR) is 95.3 cm³/mol. The van der Waals surface area contributed by atoms with Crippen molar-refractivity contribution in [2.24, 2.45) is 0 Å². The van der Waals surface area contributed by atoms with Crippen LogP contribution in [-0.4, -0.2) is 21.8 Å². The molecule has 0 aliphatic rings. The van der Waals surface area contributed by atoms with Crippen LogP contribution in [0.15, 0.2) is 58.3 Å². The smallest absolute Gasteiger partial charge is 0.288 e. The van der Waals surface area contributed by atoms with Crippen molar-refractivity contribution in [3.8, 4) is 0 Å². The quantitative estimate of drug-likeness (QED) is 0.412. The van der Waals surface area contributed by atoms with Gasteiger partial charge in [-0.05, 0) is 31.2 Å². The van der Waals surface area contributed by atoms with Crippen molar-refractivity contribution in [1.82, 2.24) is 0 Å². The van der Waals surface area contributed by atoms with Gasteiger partial charge in [0.1, 0.15) is 0 Å². The van der Waals surface area contributed by atoms with E-state index in [1.165, 1.54) is 30.0 Å². The Labute approximate surface area is 151 Å². The molecule has 2 rings (SSSR count). The first-order valence-electron chi connectivity index (χ1n) is 7.12. The molecule has 2 aromatic carbocycles. The normalized spacial score (nSPS) is 12.0. The summed E-state index contributed by atoms with van der Waals surface area (Å²) in [5.74, 6) is -2.92. The number of nitro benzene ring substituents is 1. The fourth-order valence-corrected chi connectivity index (χ4v) is 3.37. The summed E-state index contributed by atoms with van der Waals surface area (Å²) in [6, 6.07) is 12.2. The summed E-state index contributed by atoms with van der Waals surface area (Å²) in [4.78, 5) is 23.4. The monoisotopic (exact) mass is 384 g/mol. The zero-order chi connectivity index (χ0) is 18.4. The van der Waals surface area contributed by atoms with Gasteiger partial charge in [-0.1, -0.05) is 23.9 Å². The lowest BCUT2D eigenvalue weighted by molar-refractivity contribution is -0.384. The van der Waals surface area contributed by atoms with Gasteiger partial charge in [0.25, 0.3) is 11.4 Å². The summed E-state index contributed by atoms with van der Waals surface area (Å²) in [6.07, 6.45) is 0. The van der Waals surface area contributed by atoms with Crippen molar-refractivity contribution in [3.05, 3.63) is 58.6 Å². The number of nitrogens with one attached hydrogen (secondary N) is 1. The molecule has 0 bridgehead atoms. The van der Waals surface area contributed by atoms with E-state index in [4.69, 9.17) is 0 Å². The van der Waals surface area contributed by atoms with Crippen molar-refractivity contribution in [2.75, 3.05) is 5.32 Å². The predicted octanol–water partition coefficient (Wildman–Crippen LogP) is 5.03. The van der Waals surface area contributed by atoms with Crippen LogP contribution in [0.3, 0.4) is 0 Å². The Morgan fingerprint density at radius 3 is 2.36 bits per heavy atom. The molecule has 0 radical (unpaired) electrons. The third-order valence-electron chi connectivity index (χ3n) is 3.09. The highest BCUT2D eigenvalue weighted by atomic mass is 32.2. The Bertz CT molecular complexity index is 757. The van der Waals surface area contributed by atoms with E-state index in [0.717, 1.165) is 0 Å². The molecule has 1 amide bonds. The van der Waals surface area contributed by atoms with Gasteiger partial charge in [0.05, 0.1) is 15.9 Å². The molecule has 0 spiro atoms. The molecule has 5 nitrogen and oxygen atoms in total. The number of thioether (sulfide) groups is 2. The van der Waals surface area contributed by atoms with Gasteiger partial charge in [-0.15, -0.1) is 11.8 Å². The third-order valence-corrected chi connectivity index (χ3v) is 4.99. The molecule has 0 saturated carbocycles. The van der Waals surface area contributed by atoms with Crippen molar-refractivity contribution < 1.29 is 18.5 Å². The van der Waals surface area contributed by atoms with Gasteiger partial charge in [0.15, 0.2) is 0 Å². The molecule has 1 atom stereocenters. The Hall–Kier alpha value is -2.13. The number of anilines is 1. The Kier molecular flexibility index (Phi) is 6.77. The van der Waals surface area contributed by atoms with Crippen LogP contribution in [0.5, 0.6) is 0 Å². The second kappa shape index (κ2) is 8.82. The number of hydrogen-bond donors (Lipinski definition) is 1. The first kappa shape index (κ1) is 19.2. The van der Waals surface area contributed by atoms with Crippen molar-refractivity contribution in [3.63, 3.8) is 0 Å². The van der Waals surface area contributed by atoms with Crippen molar-refractivity contribution in [2.45, 2.75) is 27.7 Å². The number of alkyl halides is 2. The zero-order valence-corrected chi connectivity index (χ0v) is 14.7. The van der Waals surface area contributed by atoms with Crippen LogP contribution in [0.2, 0.25) is 0 Å². The fraction of sp³-hybridized carbons (Fsp3) is 0.188. The van der Waals surface area contributed by atoms with Gasteiger partial charge < -0.3 is 5.32 Å². The highest BCUT2D eigenvalue weighted by Gasteiger charge is 2.18. The average Bonchev–Trinajstić information content (AvgIpc) is 2.56. The van der Waals surface area contributed by atoms with E-state index in [2.05, 4.69) is 5.32 Å². The third kappa shape index (κ3) is 5.71. The van der Waals surface area contributed by atoms with Gasteiger partial charge in [-0.3, -0.25) is 14.9 Å². The summed E-state index contributed by atoms with van der Waals surface area (Å²) in [5.41, 5.74) is 0.299. The average molecular weight is 384 g/mol. The van der Waals surface area contributed by atoms with E-state index >= 15 is 0 Å². The van der Waals surface area contributed by atoms with Gasteiger partial charge >= 0.3 is 0 Å². The number of rotatable bonds is 7. The minimum atomic E-state index is -2.58. The second-order valence-corrected chi connectivity index (χ2v) is 7.32. The van der Waals surface area contributed by atoms with Crippen LogP contribution >= 0.6 is 23.5 Å². The highest BCUT2D eigenvalue weighted by molar-refractivity contribution is 8.00. The molecular formula is C16H14F2N2O3S2. The number of halogens is 2. The lowest BCUT2D eigenvalue weighted by Crippen LogP contribution is -2.22. The van der Waals surface area contributed by atoms with Crippen LogP contribution in [0.4, 0.5) is 20.2 Å². The molecule has 132 valence electrons. The minimum absolute atomic E-state index is 0.0283. The molecule has 0 heterocycles. The lowest BCUT2D eigenvalue weighted by atomic mass is 10.3. The van der Waals surface area contributed by atoms with E-state index in [0.29, 0.717) is 27.2 Å². The number of para-hydroxylation sites is 1. The molecule has 0 saturated heterocycles. The number of nitro groups is 1. The Morgan fingerprint density at radius 1 is 1.12 bits per heavy atom. The molecule has 0 aliphatic heterocycles. The van der Waals surface area contributed by atoms with Crippen LogP contribution in [-0.2, 0) is 4.79 Å². The topological polar surface area (TPSA) is 72.2 Å². The fourth-order valence-electron chi connectivity index (χ4n) is 1.91. The summed E-state index contributed by atoms with van der Waals surface area (Å²) in [5, 5.41) is 12.8. The summed E-state index contributed by atoms with van der Waals surface area (Å²) >= 11 is 1.59. The van der Waals surface area contributed by atoms with E-state index in [1.807, 2.05) is 0 Å². The molecule has 0 fully saturated rings. The summed E-state index contributed by atoms with van der Waals surface area (Å²) in [6.45, 7) is 1.67. The molecule has 9 heteroatoms. The molecule has 1 unspecified atom stereocenters. The minimum Gasteiger partial charge on any atom is -0.324 e. The number of nitrogens with zero attached hydrogens (tertiary/aromatic N) is 1. The van der Waals surface area contributed by atoms with Crippen molar-refractivity contribution >= 4 is 40.8 Å². The van der Waals surface area contributed by atoms with Crippen molar-refractivity contribution in [1.29, 1.82) is 0 Å². The standard InChI is InChI=1S/C16H14F2N2O3S2/c1-10(24-12-8-6-11(7-9-12)20(22)23)15(21)19-13-4-2-3-5-14(13)25-16(17)18/h2-10,16H,1H3,(H,19,21). The van der Waals surface area contributed by atoms with Gasteiger partial charge in [0.2, 0.25) is 5.91 Å². The SMILES string of the molecule is CC(Sc1ccc([N+](=O)[O-])cc1)C(=O)Nc1ccccc1SC(F)F. The van der Waals surface area contributed by atoms with Gasteiger partial charge in [-0.25, -0.2) is 0 Å². The number of carbonyl (C=O) groups excluding carboxylic acids is 1. The maximum absolute atomic E-state index is 12.6. The number of hydrogen-bond acceptors (Lipinski definition) is 5. The zero-order valence-electron chi connectivity index (χ0n) is 13.0. The molecule has 25 heavy (non-hydrogen) atoms.